The molecule has 0 heterocycles. The molecule has 0 saturated heterocycles. The predicted octanol–water partition coefficient (Wildman–Crippen LogP) is 2.12. The fraction of sp³-hybridized carbons (Fsp3) is 0.875. The molecule has 0 aromatic carbocycles. The first-order chi connectivity index (χ1) is 7.15. The van der Waals surface area contributed by atoms with Gasteiger partial charge in [-0.3, -0.25) is 9.36 Å². The van der Waals surface area contributed by atoms with E-state index in [9.17, 15) is 22.5 Å². The highest BCUT2D eigenvalue weighted by Gasteiger charge is 2.68. The van der Waals surface area contributed by atoms with Crippen LogP contribution in [0.4, 0.5) is 13.2 Å². The van der Waals surface area contributed by atoms with Crippen LogP contribution in [0.1, 0.15) is 19.8 Å². The van der Waals surface area contributed by atoms with Gasteiger partial charge in [0.2, 0.25) is 0 Å². The van der Waals surface area contributed by atoms with Crippen LogP contribution in [0, 0.1) is 5.41 Å². The van der Waals surface area contributed by atoms with Gasteiger partial charge in [0.05, 0.1) is 6.61 Å². The van der Waals surface area contributed by atoms with Gasteiger partial charge in [-0.15, -0.1) is 0 Å². The molecule has 0 spiro atoms. The SMILES string of the molecule is CCOP(=O)(O)CC(=O)C1(C(F)(F)F)CC1. The molecule has 8 heteroatoms. The lowest BCUT2D eigenvalue weighted by Gasteiger charge is -2.19. The number of hydrogen-bond acceptors (Lipinski definition) is 3. The van der Waals surface area contributed by atoms with Crippen LogP contribution in [-0.4, -0.2) is 29.6 Å². The minimum absolute atomic E-state index is 0.125. The van der Waals surface area contributed by atoms with Gasteiger partial charge in [-0.05, 0) is 19.8 Å². The zero-order valence-corrected chi connectivity index (χ0v) is 9.48. The molecule has 1 aliphatic rings. The van der Waals surface area contributed by atoms with Gasteiger partial charge in [0.25, 0.3) is 0 Å². The van der Waals surface area contributed by atoms with E-state index in [4.69, 9.17) is 4.89 Å². The fourth-order valence-electron chi connectivity index (χ4n) is 1.43. The summed E-state index contributed by atoms with van der Waals surface area (Å²) in [6.07, 6.45) is -6.32. The number of carbonyl (C=O) groups excluding carboxylic acids is 1. The van der Waals surface area contributed by atoms with Crippen molar-refractivity contribution in [2.75, 3.05) is 12.8 Å². The Hall–Kier alpha value is -0.390. The first kappa shape index (κ1) is 13.7. The summed E-state index contributed by atoms with van der Waals surface area (Å²) in [5.74, 6) is -1.25. The molecule has 4 nitrogen and oxygen atoms in total. The van der Waals surface area contributed by atoms with Crippen LogP contribution in [0.2, 0.25) is 0 Å². The molecule has 0 amide bonds. The number of ketones is 1. The van der Waals surface area contributed by atoms with Gasteiger partial charge < -0.3 is 9.42 Å². The molecule has 1 aliphatic carbocycles. The molecular formula is C8H12F3O4P. The van der Waals surface area contributed by atoms with Crippen molar-refractivity contribution < 1.29 is 31.9 Å². The number of halogens is 3. The summed E-state index contributed by atoms with van der Waals surface area (Å²) >= 11 is 0. The molecule has 0 aromatic heterocycles. The van der Waals surface area contributed by atoms with Gasteiger partial charge in [0.15, 0.2) is 5.78 Å². The van der Waals surface area contributed by atoms with E-state index < -0.39 is 31.1 Å². The van der Waals surface area contributed by atoms with Gasteiger partial charge in [-0.25, -0.2) is 0 Å². The quantitative estimate of drug-likeness (QED) is 0.769. The second-order valence-corrected chi connectivity index (χ2v) is 5.57. The maximum Gasteiger partial charge on any atom is 0.401 e. The molecular weight excluding hydrogens is 248 g/mol. The number of carbonyl (C=O) groups is 1. The van der Waals surface area contributed by atoms with Crippen LogP contribution in [0.5, 0.6) is 0 Å². The van der Waals surface area contributed by atoms with E-state index >= 15 is 0 Å². The molecule has 0 bridgehead atoms. The summed E-state index contributed by atoms with van der Waals surface area (Å²) in [5.41, 5.74) is -2.40. The summed E-state index contributed by atoms with van der Waals surface area (Å²) in [5, 5.41) is 0. The Morgan fingerprint density at radius 3 is 2.31 bits per heavy atom. The molecule has 1 rings (SSSR count). The third-order valence-corrected chi connectivity index (χ3v) is 3.85. The van der Waals surface area contributed by atoms with Crippen LogP contribution in [-0.2, 0) is 13.9 Å². The Labute approximate surface area is 90.3 Å². The summed E-state index contributed by atoms with van der Waals surface area (Å²) in [6, 6.07) is 0. The Bertz CT molecular complexity index is 335. The van der Waals surface area contributed by atoms with E-state index in [-0.39, 0.29) is 19.4 Å². The summed E-state index contributed by atoms with van der Waals surface area (Å²) in [4.78, 5) is 20.4. The van der Waals surface area contributed by atoms with Crippen molar-refractivity contribution in [3.05, 3.63) is 0 Å². The molecule has 1 fully saturated rings. The maximum absolute atomic E-state index is 12.5. The van der Waals surface area contributed by atoms with Crippen molar-refractivity contribution >= 4 is 13.4 Å². The third-order valence-electron chi connectivity index (χ3n) is 2.50. The first-order valence-electron chi connectivity index (χ1n) is 4.71. The van der Waals surface area contributed by atoms with E-state index in [1.54, 1.807) is 0 Å². The molecule has 0 aliphatic heterocycles. The Kier molecular flexibility index (Phi) is 3.53. The number of rotatable bonds is 5. The van der Waals surface area contributed by atoms with Crippen molar-refractivity contribution in [2.24, 2.45) is 5.41 Å². The zero-order valence-electron chi connectivity index (χ0n) is 8.58. The van der Waals surface area contributed by atoms with E-state index in [0.717, 1.165) is 0 Å². The van der Waals surface area contributed by atoms with Crippen molar-refractivity contribution in [1.82, 2.24) is 0 Å². The molecule has 1 N–H and O–H groups in total. The fourth-order valence-corrected chi connectivity index (χ4v) is 2.59. The van der Waals surface area contributed by atoms with Gasteiger partial charge in [0, 0.05) is 0 Å². The lowest BCUT2D eigenvalue weighted by atomic mass is 10.0. The van der Waals surface area contributed by atoms with Crippen LogP contribution in [0.25, 0.3) is 0 Å². The lowest BCUT2D eigenvalue weighted by Crippen LogP contribution is -2.34. The molecule has 0 radical (unpaired) electrons. The Balaban J connectivity index is 2.71. The molecule has 1 unspecified atom stereocenters. The number of Topliss-reactive ketones (excluding diaryl/α,β-unsaturated/α-hetero) is 1. The molecule has 1 atom stereocenters. The normalized spacial score (nSPS) is 22.6. The lowest BCUT2D eigenvalue weighted by molar-refractivity contribution is -0.189. The highest BCUT2D eigenvalue weighted by atomic mass is 31.2. The number of alkyl halides is 3. The topological polar surface area (TPSA) is 63.6 Å². The summed E-state index contributed by atoms with van der Waals surface area (Å²) in [7, 11) is -4.22. The van der Waals surface area contributed by atoms with Crippen molar-refractivity contribution in [3.8, 4) is 0 Å². The first-order valence-corrected chi connectivity index (χ1v) is 6.47. The Morgan fingerprint density at radius 1 is 1.50 bits per heavy atom. The van der Waals surface area contributed by atoms with Crippen LogP contribution in [0.3, 0.4) is 0 Å². The summed E-state index contributed by atoms with van der Waals surface area (Å²) < 4.78 is 53.0. The van der Waals surface area contributed by atoms with E-state index in [1.807, 2.05) is 0 Å². The highest BCUT2D eigenvalue weighted by Crippen LogP contribution is 2.60. The second kappa shape index (κ2) is 4.13. The standard InChI is InChI=1S/C8H12F3O4P/c1-2-15-16(13,14)5-6(12)7(3-4-7)8(9,10)11/h2-5H2,1H3,(H,13,14). The van der Waals surface area contributed by atoms with E-state index in [2.05, 4.69) is 4.52 Å². The van der Waals surface area contributed by atoms with E-state index in [0.29, 0.717) is 0 Å². The third kappa shape index (κ3) is 2.64. The smallest absolute Gasteiger partial charge is 0.324 e. The zero-order chi connectivity index (χ0) is 12.6. The van der Waals surface area contributed by atoms with Gasteiger partial charge in [0.1, 0.15) is 11.6 Å². The van der Waals surface area contributed by atoms with Gasteiger partial charge in [-0.1, -0.05) is 0 Å². The predicted molar refractivity (Wildman–Crippen MR) is 49.0 cm³/mol. The van der Waals surface area contributed by atoms with Crippen LogP contribution >= 0.6 is 7.60 Å². The second-order valence-electron chi connectivity index (χ2n) is 3.72. The maximum atomic E-state index is 12.5. The van der Waals surface area contributed by atoms with E-state index in [1.165, 1.54) is 6.92 Å². The molecule has 94 valence electrons. The van der Waals surface area contributed by atoms with Crippen molar-refractivity contribution in [2.45, 2.75) is 25.9 Å². The van der Waals surface area contributed by atoms with Crippen LogP contribution in [0.15, 0.2) is 0 Å². The number of hydrogen-bond donors (Lipinski definition) is 1. The highest BCUT2D eigenvalue weighted by molar-refractivity contribution is 7.53. The molecule has 0 aromatic rings. The van der Waals surface area contributed by atoms with Crippen molar-refractivity contribution in [3.63, 3.8) is 0 Å². The summed E-state index contributed by atoms with van der Waals surface area (Å²) in [6.45, 7) is 1.30. The minimum Gasteiger partial charge on any atom is -0.324 e. The van der Waals surface area contributed by atoms with Crippen molar-refractivity contribution in [1.29, 1.82) is 0 Å². The molecule has 16 heavy (non-hydrogen) atoms. The molecule has 1 saturated carbocycles. The monoisotopic (exact) mass is 260 g/mol. The van der Waals surface area contributed by atoms with Gasteiger partial charge in [-0.2, -0.15) is 13.2 Å². The average Bonchev–Trinajstić information content (AvgIpc) is 2.79. The van der Waals surface area contributed by atoms with Gasteiger partial charge >= 0.3 is 13.8 Å². The largest absolute Gasteiger partial charge is 0.401 e. The average molecular weight is 260 g/mol. The van der Waals surface area contributed by atoms with Crippen LogP contribution < -0.4 is 0 Å². The Morgan fingerprint density at radius 2 is 2.00 bits per heavy atom. The minimum atomic E-state index is -4.64.